The molecule has 1 aromatic heterocycles. The molecule has 0 bridgehead atoms. The number of halogens is 2. The lowest BCUT2D eigenvalue weighted by molar-refractivity contribution is -0.115. The number of aromatic nitrogens is 3. The Morgan fingerprint density at radius 3 is 2.72 bits per heavy atom. The number of methoxy groups -OCH3 is 1. The minimum absolute atomic E-state index is 0.329. The van der Waals surface area contributed by atoms with Crippen molar-refractivity contribution in [3.63, 3.8) is 0 Å². The molecule has 3 aromatic rings. The average Bonchev–Trinajstić information content (AvgIpc) is 3.25. The number of carbonyl (C=O) groups is 1. The van der Waals surface area contributed by atoms with Crippen LogP contribution in [-0.4, -0.2) is 33.5 Å². The maximum absolute atomic E-state index is 12.5. The molecule has 2 aromatic carbocycles. The molecule has 8 nitrogen and oxygen atoms in total. The molecule has 4 rings (SSSR count). The summed E-state index contributed by atoms with van der Waals surface area (Å²) in [5.41, 5.74) is 8.58. The van der Waals surface area contributed by atoms with Crippen molar-refractivity contribution in [2.45, 2.75) is 44.5 Å². The first kappa shape index (κ1) is 26.4. The third-order valence-corrected chi connectivity index (χ3v) is 7.46. The first-order valence-electron chi connectivity index (χ1n) is 11.4. The molecular formula is C25H27BrClN5O3S. The highest BCUT2D eigenvalue weighted by molar-refractivity contribution is 9.10. The van der Waals surface area contributed by atoms with E-state index in [1.54, 1.807) is 23.6 Å². The zero-order valence-electron chi connectivity index (χ0n) is 20.2. The van der Waals surface area contributed by atoms with E-state index in [4.69, 9.17) is 31.9 Å². The van der Waals surface area contributed by atoms with Crippen molar-refractivity contribution in [2.24, 2.45) is 5.73 Å². The fourth-order valence-electron chi connectivity index (χ4n) is 3.90. The van der Waals surface area contributed by atoms with Gasteiger partial charge >= 0.3 is 0 Å². The fraction of sp³-hybridized carbons (Fsp3) is 0.320. The highest BCUT2D eigenvalue weighted by Crippen LogP contribution is 2.43. The summed E-state index contributed by atoms with van der Waals surface area (Å²) >= 11 is 11.2. The van der Waals surface area contributed by atoms with Gasteiger partial charge in [0.2, 0.25) is 17.0 Å². The number of nitrogens with two attached hydrogens (primary N) is 1. The Hall–Kier alpha value is -2.69. The van der Waals surface area contributed by atoms with Gasteiger partial charge in [0.05, 0.1) is 17.2 Å². The maximum Gasteiger partial charge on any atom is 0.248 e. The number of ether oxygens (including phenoxy) is 2. The predicted molar refractivity (Wildman–Crippen MR) is 146 cm³/mol. The van der Waals surface area contributed by atoms with Crippen LogP contribution in [0.5, 0.6) is 11.5 Å². The quantitative estimate of drug-likeness (QED) is 0.221. The Bertz CT molecular complexity index is 1300. The maximum atomic E-state index is 12.5. The Morgan fingerprint density at radius 1 is 1.31 bits per heavy atom. The second-order valence-corrected chi connectivity index (χ2v) is 10.6. The predicted octanol–water partition coefficient (Wildman–Crippen LogP) is 5.95. The summed E-state index contributed by atoms with van der Waals surface area (Å²) in [5, 5.41) is 9.19. The van der Waals surface area contributed by atoms with Gasteiger partial charge in [-0.05, 0) is 64.7 Å². The van der Waals surface area contributed by atoms with Crippen LogP contribution in [0.4, 0.5) is 5.95 Å². The van der Waals surface area contributed by atoms with E-state index in [-0.39, 0.29) is 0 Å². The number of rotatable bonds is 10. The highest BCUT2D eigenvalue weighted by atomic mass is 79.9. The summed E-state index contributed by atoms with van der Waals surface area (Å²) in [6.45, 7) is 4.28. The summed E-state index contributed by atoms with van der Waals surface area (Å²) in [6.07, 6.45) is 2.16. The fourth-order valence-corrected chi connectivity index (χ4v) is 5.51. The normalized spacial score (nSPS) is 14.9. The number of benzene rings is 2. The Balaban J connectivity index is 1.71. The zero-order chi connectivity index (χ0) is 25.8. The van der Waals surface area contributed by atoms with E-state index in [0.717, 1.165) is 29.7 Å². The van der Waals surface area contributed by atoms with Crippen LogP contribution in [0.15, 0.2) is 57.3 Å². The van der Waals surface area contributed by atoms with Gasteiger partial charge in [0, 0.05) is 16.5 Å². The molecular weight excluding hydrogens is 566 g/mol. The zero-order valence-corrected chi connectivity index (χ0v) is 23.3. The van der Waals surface area contributed by atoms with Crippen molar-refractivity contribution in [1.29, 1.82) is 0 Å². The molecule has 0 spiro atoms. The monoisotopic (exact) mass is 591 g/mol. The Morgan fingerprint density at radius 2 is 2.06 bits per heavy atom. The molecule has 11 heteroatoms. The number of anilines is 1. The molecule has 1 atom stereocenters. The van der Waals surface area contributed by atoms with Crippen molar-refractivity contribution in [3.05, 3.63) is 68.3 Å². The summed E-state index contributed by atoms with van der Waals surface area (Å²) in [7, 11) is 1.57. The van der Waals surface area contributed by atoms with Gasteiger partial charge in [0.25, 0.3) is 0 Å². The topological polar surface area (TPSA) is 104 Å². The van der Waals surface area contributed by atoms with Crippen molar-refractivity contribution in [2.75, 3.05) is 18.2 Å². The molecule has 1 unspecified atom stereocenters. The van der Waals surface area contributed by atoms with E-state index in [2.05, 4.69) is 33.2 Å². The standard InChI is InChI=1S/C25H27BrClN5O3S/c1-4-5-10-36-25-30-24-29-14(2)20(23(28)33)21(32(24)31-25)16-11-18(26)22(19(12-16)34-3)35-13-15-6-8-17(27)9-7-15/h6-9,11-12,21H,4-5,10,13H2,1-3H3,(H2,28,33)(H,29,30,31). The SMILES string of the molecule is CCCCSc1nc2n(n1)C(c1cc(Br)c(OCc3ccc(Cl)cc3)c(OC)c1)C(C(N)=O)=C(C)N2. The number of unbranched alkanes of at least 4 members (excludes halogenated alkanes) is 1. The molecule has 3 N–H and O–H groups in total. The van der Waals surface area contributed by atoms with Crippen molar-refractivity contribution in [3.8, 4) is 11.5 Å². The largest absolute Gasteiger partial charge is 0.493 e. The number of nitrogens with zero attached hydrogens (tertiary/aromatic N) is 3. The van der Waals surface area contributed by atoms with Gasteiger partial charge in [0.15, 0.2) is 11.5 Å². The number of hydrogen-bond donors (Lipinski definition) is 2. The smallest absolute Gasteiger partial charge is 0.248 e. The highest BCUT2D eigenvalue weighted by Gasteiger charge is 2.34. The van der Waals surface area contributed by atoms with Gasteiger partial charge in [-0.15, -0.1) is 5.10 Å². The van der Waals surface area contributed by atoms with E-state index in [1.807, 2.05) is 43.3 Å². The Kier molecular flexibility index (Phi) is 8.48. The molecule has 0 fully saturated rings. The molecule has 1 aliphatic heterocycles. The van der Waals surface area contributed by atoms with Crippen LogP contribution < -0.4 is 20.5 Å². The summed E-state index contributed by atoms with van der Waals surface area (Å²) in [6, 6.07) is 10.6. The third-order valence-electron chi connectivity index (χ3n) is 5.69. The first-order valence-corrected chi connectivity index (χ1v) is 13.6. The number of allylic oxidation sites excluding steroid dienone is 1. The second-order valence-electron chi connectivity index (χ2n) is 8.24. The average molecular weight is 593 g/mol. The van der Waals surface area contributed by atoms with Crippen LogP contribution in [0.1, 0.15) is 43.9 Å². The molecule has 0 aliphatic carbocycles. The number of fused-ring (bicyclic) bond motifs is 1. The molecule has 0 saturated carbocycles. The summed E-state index contributed by atoms with van der Waals surface area (Å²) in [4.78, 5) is 17.2. The summed E-state index contributed by atoms with van der Waals surface area (Å²) in [5.74, 6) is 1.98. The lowest BCUT2D eigenvalue weighted by Gasteiger charge is -2.28. The minimum Gasteiger partial charge on any atom is -0.493 e. The van der Waals surface area contributed by atoms with Gasteiger partial charge in [-0.1, -0.05) is 48.8 Å². The van der Waals surface area contributed by atoms with E-state index in [0.29, 0.717) is 50.0 Å². The van der Waals surface area contributed by atoms with Crippen LogP contribution in [0.2, 0.25) is 5.02 Å². The van der Waals surface area contributed by atoms with Crippen molar-refractivity contribution in [1.82, 2.24) is 14.8 Å². The number of primary amides is 1. The molecule has 2 heterocycles. The molecule has 1 aliphatic rings. The van der Waals surface area contributed by atoms with Gasteiger partial charge in [-0.3, -0.25) is 4.79 Å². The number of carbonyl (C=O) groups excluding carboxylic acids is 1. The lowest BCUT2D eigenvalue weighted by Crippen LogP contribution is -2.31. The van der Waals surface area contributed by atoms with E-state index >= 15 is 0 Å². The molecule has 190 valence electrons. The van der Waals surface area contributed by atoms with Gasteiger partial charge in [-0.25, -0.2) is 4.68 Å². The van der Waals surface area contributed by atoms with E-state index in [9.17, 15) is 4.79 Å². The van der Waals surface area contributed by atoms with E-state index < -0.39 is 11.9 Å². The summed E-state index contributed by atoms with van der Waals surface area (Å²) < 4.78 is 14.1. The van der Waals surface area contributed by atoms with Gasteiger partial charge in [0.1, 0.15) is 12.6 Å². The number of hydrogen-bond acceptors (Lipinski definition) is 7. The lowest BCUT2D eigenvalue weighted by atomic mass is 9.95. The van der Waals surface area contributed by atoms with Crippen LogP contribution >= 0.6 is 39.3 Å². The van der Waals surface area contributed by atoms with Crippen LogP contribution in [0.25, 0.3) is 0 Å². The van der Waals surface area contributed by atoms with Crippen molar-refractivity contribution >= 4 is 51.1 Å². The second kappa shape index (κ2) is 11.6. The van der Waals surface area contributed by atoms with Crippen LogP contribution in [-0.2, 0) is 11.4 Å². The van der Waals surface area contributed by atoms with E-state index in [1.165, 1.54) is 0 Å². The van der Waals surface area contributed by atoms with Gasteiger partial charge in [-0.2, -0.15) is 4.98 Å². The molecule has 0 saturated heterocycles. The molecule has 0 radical (unpaired) electrons. The van der Waals surface area contributed by atoms with Crippen LogP contribution in [0, 0.1) is 0 Å². The number of amides is 1. The number of thioether (sulfide) groups is 1. The first-order chi connectivity index (χ1) is 17.3. The van der Waals surface area contributed by atoms with Crippen molar-refractivity contribution < 1.29 is 14.3 Å². The molecule has 36 heavy (non-hydrogen) atoms. The third kappa shape index (κ3) is 5.66. The minimum atomic E-state index is -0.581. The Labute approximate surface area is 227 Å². The molecule has 1 amide bonds. The number of nitrogens with one attached hydrogen (secondary N) is 1. The van der Waals surface area contributed by atoms with Crippen LogP contribution in [0.3, 0.4) is 0 Å². The van der Waals surface area contributed by atoms with Gasteiger partial charge < -0.3 is 20.5 Å².